The summed E-state index contributed by atoms with van der Waals surface area (Å²) in [5.41, 5.74) is 4.75. The molecule has 0 radical (unpaired) electrons. The molecule has 0 heterocycles. The van der Waals surface area contributed by atoms with Crippen molar-refractivity contribution in [2.45, 2.75) is 71.1 Å². The number of benzene rings is 1. The molecule has 0 spiro atoms. The first-order valence-electron chi connectivity index (χ1n) is 7.23. The Bertz CT molecular complexity index is 368. The lowest BCUT2D eigenvalue weighted by Gasteiger charge is -2.20. The second-order valence-corrected chi connectivity index (χ2v) is 6.18. The van der Waals surface area contributed by atoms with Gasteiger partial charge in [-0.25, -0.2) is 0 Å². The van der Waals surface area contributed by atoms with E-state index in [1.807, 2.05) is 0 Å². The van der Waals surface area contributed by atoms with Crippen LogP contribution in [0.1, 0.15) is 87.8 Å². The molecule has 1 fully saturated rings. The molecule has 0 amide bonds. The van der Waals surface area contributed by atoms with Crippen LogP contribution in [-0.2, 0) is 0 Å². The van der Waals surface area contributed by atoms with Crippen LogP contribution >= 0.6 is 0 Å². The summed E-state index contributed by atoms with van der Waals surface area (Å²) < 4.78 is 0. The smallest absolute Gasteiger partial charge is 0.0159 e. The van der Waals surface area contributed by atoms with E-state index < -0.39 is 0 Å². The van der Waals surface area contributed by atoms with Gasteiger partial charge in [0.25, 0.3) is 0 Å². The van der Waals surface area contributed by atoms with Crippen molar-refractivity contribution in [3.8, 4) is 0 Å². The molecule has 0 atom stereocenters. The molecule has 0 N–H and O–H groups in total. The summed E-state index contributed by atoms with van der Waals surface area (Å²) >= 11 is 0. The molecule has 0 nitrogen and oxygen atoms in total. The van der Waals surface area contributed by atoms with Gasteiger partial charge in [-0.3, -0.25) is 0 Å². The molecule has 1 aliphatic carbocycles. The summed E-state index contributed by atoms with van der Waals surface area (Å²) in [6.07, 6.45) is 5.66. The molecule has 94 valence electrons. The minimum absolute atomic E-state index is 0.649. The first kappa shape index (κ1) is 12.7. The fraction of sp³-hybridized carbons (Fsp3) is 0.647. The SMILES string of the molecule is CC(C)c1ccc(C(C)C)c(C2CCCC2)c1. The van der Waals surface area contributed by atoms with Gasteiger partial charge in [-0.15, -0.1) is 0 Å². The first-order chi connectivity index (χ1) is 8.09. The van der Waals surface area contributed by atoms with Crippen LogP contribution in [0.25, 0.3) is 0 Å². The van der Waals surface area contributed by atoms with E-state index in [2.05, 4.69) is 45.9 Å². The maximum absolute atomic E-state index is 2.50. The standard InChI is InChI=1S/C17H26/c1-12(2)15-9-10-16(13(3)4)17(11-15)14-7-5-6-8-14/h9-14H,5-8H2,1-4H3. The highest BCUT2D eigenvalue weighted by Crippen LogP contribution is 2.39. The highest BCUT2D eigenvalue weighted by molar-refractivity contribution is 5.38. The zero-order chi connectivity index (χ0) is 12.4. The molecule has 0 aliphatic heterocycles. The van der Waals surface area contributed by atoms with Crippen LogP contribution in [0.2, 0.25) is 0 Å². The Balaban J connectivity index is 2.39. The average Bonchev–Trinajstić information content (AvgIpc) is 2.81. The third-order valence-electron chi connectivity index (χ3n) is 4.19. The van der Waals surface area contributed by atoms with Crippen molar-refractivity contribution in [2.75, 3.05) is 0 Å². The van der Waals surface area contributed by atoms with E-state index in [1.54, 1.807) is 11.1 Å². The Morgan fingerprint density at radius 3 is 2.12 bits per heavy atom. The van der Waals surface area contributed by atoms with E-state index in [0.717, 1.165) is 5.92 Å². The molecule has 2 rings (SSSR count). The van der Waals surface area contributed by atoms with Gasteiger partial charge in [0.2, 0.25) is 0 Å². The maximum atomic E-state index is 2.50. The van der Waals surface area contributed by atoms with E-state index in [-0.39, 0.29) is 0 Å². The molecule has 1 aromatic rings. The quantitative estimate of drug-likeness (QED) is 0.635. The summed E-state index contributed by atoms with van der Waals surface area (Å²) in [4.78, 5) is 0. The van der Waals surface area contributed by atoms with Gasteiger partial charge in [0, 0.05) is 0 Å². The Labute approximate surface area is 106 Å². The van der Waals surface area contributed by atoms with Crippen molar-refractivity contribution in [3.63, 3.8) is 0 Å². The molecule has 17 heavy (non-hydrogen) atoms. The fourth-order valence-electron chi connectivity index (χ4n) is 3.07. The van der Waals surface area contributed by atoms with Gasteiger partial charge < -0.3 is 0 Å². The summed E-state index contributed by atoms with van der Waals surface area (Å²) in [5.74, 6) is 2.15. The second-order valence-electron chi connectivity index (χ2n) is 6.18. The first-order valence-corrected chi connectivity index (χ1v) is 7.23. The van der Waals surface area contributed by atoms with Gasteiger partial charge in [0.05, 0.1) is 0 Å². The lowest BCUT2D eigenvalue weighted by atomic mass is 9.85. The van der Waals surface area contributed by atoms with Crippen molar-refractivity contribution in [1.29, 1.82) is 0 Å². The zero-order valence-corrected chi connectivity index (χ0v) is 11.8. The van der Waals surface area contributed by atoms with Crippen LogP contribution < -0.4 is 0 Å². The van der Waals surface area contributed by atoms with Crippen molar-refractivity contribution in [3.05, 3.63) is 34.9 Å². The van der Waals surface area contributed by atoms with Crippen LogP contribution in [0.3, 0.4) is 0 Å². The molecule has 1 saturated carbocycles. The largest absolute Gasteiger partial charge is 0.0587 e. The van der Waals surface area contributed by atoms with Crippen molar-refractivity contribution >= 4 is 0 Å². The van der Waals surface area contributed by atoms with E-state index in [1.165, 1.54) is 31.2 Å². The van der Waals surface area contributed by atoms with Gasteiger partial charge >= 0.3 is 0 Å². The van der Waals surface area contributed by atoms with Crippen molar-refractivity contribution < 1.29 is 0 Å². The number of hydrogen-bond donors (Lipinski definition) is 0. The van der Waals surface area contributed by atoms with E-state index in [9.17, 15) is 0 Å². The third kappa shape index (κ3) is 2.73. The van der Waals surface area contributed by atoms with E-state index in [4.69, 9.17) is 0 Å². The minimum atomic E-state index is 0.649. The Morgan fingerprint density at radius 1 is 0.941 bits per heavy atom. The highest BCUT2D eigenvalue weighted by atomic mass is 14.3. The Hall–Kier alpha value is -0.780. The number of rotatable bonds is 3. The van der Waals surface area contributed by atoms with Crippen molar-refractivity contribution in [1.82, 2.24) is 0 Å². The molecule has 0 heteroatoms. The zero-order valence-electron chi connectivity index (χ0n) is 11.8. The lowest BCUT2D eigenvalue weighted by molar-refractivity contribution is 0.694. The second kappa shape index (κ2) is 5.25. The molecular weight excluding hydrogens is 204 g/mol. The van der Waals surface area contributed by atoms with Gasteiger partial charge in [-0.1, -0.05) is 58.7 Å². The predicted octanol–water partition coefficient (Wildman–Crippen LogP) is 5.59. The molecule has 0 unspecified atom stereocenters. The van der Waals surface area contributed by atoms with Gasteiger partial charge in [-0.05, 0) is 47.3 Å². The van der Waals surface area contributed by atoms with Crippen LogP contribution in [0.15, 0.2) is 18.2 Å². The predicted molar refractivity (Wildman–Crippen MR) is 75.8 cm³/mol. The van der Waals surface area contributed by atoms with Gasteiger partial charge in [0.1, 0.15) is 0 Å². The maximum Gasteiger partial charge on any atom is -0.0159 e. The van der Waals surface area contributed by atoms with Crippen LogP contribution in [-0.4, -0.2) is 0 Å². The van der Waals surface area contributed by atoms with Crippen LogP contribution in [0.4, 0.5) is 0 Å². The summed E-state index contributed by atoms with van der Waals surface area (Å²) in [6, 6.07) is 7.21. The van der Waals surface area contributed by atoms with Gasteiger partial charge in [0.15, 0.2) is 0 Å². The minimum Gasteiger partial charge on any atom is -0.0587 e. The highest BCUT2D eigenvalue weighted by Gasteiger charge is 2.21. The average molecular weight is 230 g/mol. The van der Waals surface area contributed by atoms with Crippen LogP contribution in [0, 0.1) is 0 Å². The molecular formula is C17H26. The van der Waals surface area contributed by atoms with Crippen LogP contribution in [0.5, 0.6) is 0 Å². The normalized spacial score (nSPS) is 17.3. The third-order valence-corrected chi connectivity index (χ3v) is 4.19. The number of hydrogen-bond acceptors (Lipinski definition) is 0. The molecule has 0 aromatic heterocycles. The molecule has 1 aliphatic rings. The monoisotopic (exact) mass is 230 g/mol. The summed E-state index contributed by atoms with van der Waals surface area (Å²) in [7, 11) is 0. The fourth-order valence-corrected chi connectivity index (χ4v) is 3.07. The molecule has 1 aromatic carbocycles. The molecule has 0 bridgehead atoms. The summed E-state index contributed by atoms with van der Waals surface area (Å²) in [6.45, 7) is 9.23. The van der Waals surface area contributed by atoms with Crippen molar-refractivity contribution in [2.24, 2.45) is 0 Å². The van der Waals surface area contributed by atoms with E-state index in [0.29, 0.717) is 11.8 Å². The van der Waals surface area contributed by atoms with E-state index >= 15 is 0 Å². The molecule has 0 saturated heterocycles. The summed E-state index contributed by atoms with van der Waals surface area (Å²) in [5, 5.41) is 0. The van der Waals surface area contributed by atoms with Gasteiger partial charge in [-0.2, -0.15) is 0 Å². The lowest BCUT2D eigenvalue weighted by Crippen LogP contribution is -2.03. The topological polar surface area (TPSA) is 0 Å². The Kier molecular flexibility index (Phi) is 3.91. The Morgan fingerprint density at radius 2 is 1.59 bits per heavy atom.